The molecule has 6 nitrogen and oxygen atoms in total. The van der Waals surface area contributed by atoms with Crippen molar-refractivity contribution < 1.29 is 49.4 Å². The van der Waals surface area contributed by atoms with Crippen LogP contribution in [0.25, 0.3) is 0 Å². The molecule has 13 heteroatoms. The predicted octanol–water partition coefficient (Wildman–Crippen LogP) is 2.54. The number of carboxylic acid groups (broad SMARTS) is 1. The number of rotatable bonds is 4. The number of aromatic carboxylic acids is 1. The summed E-state index contributed by atoms with van der Waals surface area (Å²) in [5, 5.41) is 8.74. The first-order valence-corrected chi connectivity index (χ1v) is 6.43. The fraction of sp³-hybridized carbons (Fsp3) is 0.222. The second-order valence-corrected chi connectivity index (χ2v) is 5.29. The average molecular weight is 353 g/mol. The molecule has 2 N–H and O–H groups in total. The van der Waals surface area contributed by atoms with Crippen LogP contribution in [0.5, 0.6) is 5.75 Å². The summed E-state index contributed by atoms with van der Waals surface area (Å²) < 4.78 is 98.5. The Morgan fingerprint density at radius 2 is 1.68 bits per heavy atom. The molecule has 0 radical (unpaired) electrons. The Balaban J connectivity index is 3.25. The number of sulfonamides is 1. The van der Waals surface area contributed by atoms with Gasteiger partial charge in [-0.1, -0.05) is 0 Å². The number of benzene rings is 1. The molecular formula is C9H5F6NO5S. The van der Waals surface area contributed by atoms with Gasteiger partial charge in [-0.3, -0.25) is 4.72 Å². The molecule has 0 fully saturated rings. The van der Waals surface area contributed by atoms with E-state index in [1.165, 1.54) is 0 Å². The first-order chi connectivity index (χ1) is 9.73. The number of halogens is 6. The zero-order valence-electron chi connectivity index (χ0n) is 9.99. The molecule has 22 heavy (non-hydrogen) atoms. The highest BCUT2D eigenvalue weighted by molar-refractivity contribution is 7.93. The Morgan fingerprint density at radius 1 is 1.14 bits per heavy atom. The fourth-order valence-corrected chi connectivity index (χ4v) is 1.77. The zero-order valence-corrected chi connectivity index (χ0v) is 10.8. The summed E-state index contributed by atoms with van der Waals surface area (Å²) in [5.74, 6) is -3.01. The van der Waals surface area contributed by atoms with E-state index in [-0.39, 0.29) is 6.07 Å². The summed E-state index contributed by atoms with van der Waals surface area (Å²) in [4.78, 5) is 10.8. The number of ether oxygens (including phenoxy) is 1. The Bertz CT molecular complexity index is 681. The lowest BCUT2D eigenvalue weighted by molar-refractivity contribution is -0.274. The molecule has 0 unspecified atom stereocenters. The highest BCUT2D eigenvalue weighted by atomic mass is 32.2. The summed E-state index contributed by atoms with van der Waals surface area (Å²) >= 11 is 0. The lowest BCUT2D eigenvalue weighted by atomic mass is 10.2. The number of carbonyl (C=O) groups is 1. The van der Waals surface area contributed by atoms with Crippen molar-refractivity contribution in [3.8, 4) is 5.75 Å². The molecule has 0 saturated heterocycles. The van der Waals surface area contributed by atoms with Crippen molar-refractivity contribution in [3.05, 3.63) is 23.8 Å². The molecule has 124 valence electrons. The molecule has 0 atom stereocenters. The first-order valence-electron chi connectivity index (χ1n) is 4.95. The van der Waals surface area contributed by atoms with Crippen molar-refractivity contribution >= 4 is 21.7 Å². The number of anilines is 1. The van der Waals surface area contributed by atoms with E-state index in [9.17, 15) is 39.6 Å². The molecule has 0 spiro atoms. The van der Waals surface area contributed by atoms with Crippen LogP contribution in [0.1, 0.15) is 10.4 Å². The molecule has 0 aromatic heterocycles. The van der Waals surface area contributed by atoms with Gasteiger partial charge >= 0.3 is 27.9 Å². The van der Waals surface area contributed by atoms with Gasteiger partial charge in [0.05, 0.1) is 11.3 Å². The number of hydrogen-bond acceptors (Lipinski definition) is 4. The van der Waals surface area contributed by atoms with E-state index in [1.54, 1.807) is 0 Å². The highest BCUT2D eigenvalue weighted by Crippen LogP contribution is 2.30. The maximum atomic E-state index is 12.2. The second kappa shape index (κ2) is 5.55. The summed E-state index contributed by atoms with van der Waals surface area (Å²) in [5.41, 5.74) is -7.96. The fourth-order valence-electron chi connectivity index (χ4n) is 1.19. The molecule has 0 amide bonds. The van der Waals surface area contributed by atoms with E-state index < -0.39 is 44.9 Å². The van der Waals surface area contributed by atoms with Crippen molar-refractivity contribution in [2.75, 3.05) is 4.72 Å². The normalized spacial score (nSPS) is 12.8. The quantitative estimate of drug-likeness (QED) is 0.812. The van der Waals surface area contributed by atoms with Crippen LogP contribution < -0.4 is 9.46 Å². The lowest BCUT2D eigenvalue weighted by Crippen LogP contribution is -2.30. The summed E-state index contributed by atoms with van der Waals surface area (Å²) in [7, 11) is -5.93. The van der Waals surface area contributed by atoms with Crippen LogP contribution in [0.2, 0.25) is 0 Å². The molecule has 0 bridgehead atoms. The molecule has 0 heterocycles. The number of nitrogens with one attached hydrogen (secondary N) is 1. The monoisotopic (exact) mass is 353 g/mol. The second-order valence-electron chi connectivity index (χ2n) is 3.61. The van der Waals surface area contributed by atoms with Crippen LogP contribution in [0.15, 0.2) is 18.2 Å². The van der Waals surface area contributed by atoms with Gasteiger partial charge in [-0.25, -0.2) is 4.79 Å². The Labute approximate surface area is 118 Å². The van der Waals surface area contributed by atoms with E-state index >= 15 is 0 Å². The molecule has 1 aromatic rings. The van der Waals surface area contributed by atoms with Crippen LogP contribution >= 0.6 is 0 Å². The number of carboxylic acids is 1. The van der Waals surface area contributed by atoms with Crippen LogP contribution in [-0.2, 0) is 10.0 Å². The van der Waals surface area contributed by atoms with Crippen molar-refractivity contribution in [2.24, 2.45) is 0 Å². The van der Waals surface area contributed by atoms with Gasteiger partial charge in [0.25, 0.3) is 0 Å². The molecule has 1 rings (SSSR count). The van der Waals surface area contributed by atoms with Gasteiger partial charge in [-0.15, -0.1) is 13.2 Å². The minimum Gasteiger partial charge on any atom is -0.478 e. The zero-order chi connectivity index (χ0) is 17.3. The number of alkyl halides is 6. The SMILES string of the molecule is O=C(O)c1cc(OC(F)(F)F)ccc1NS(=O)(=O)C(F)(F)F. The Morgan fingerprint density at radius 3 is 2.09 bits per heavy atom. The van der Waals surface area contributed by atoms with Gasteiger partial charge in [-0.2, -0.15) is 21.6 Å². The minimum atomic E-state index is -5.93. The molecule has 0 saturated carbocycles. The van der Waals surface area contributed by atoms with Gasteiger partial charge in [0.1, 0.15) is 5.75 Å². The largest absolute Gasteiger partial charge is 0.573 e. The van der Waals surface area contributed by atoms with Crippen molar-refractivity contribution in [3.63, 3.8) is 0 Å². The highest BCUT2D eigenvalue weighted by Gasteiger charge is 2.46. The molecule has 1 aromatic carbocycles. The average Bonchev–Trinajstić information content (AvgIpc) is 2.27. The third kappa shape index (κ3) is 4.41. The summed E-state index contributed by atoms with van der Waals surface area (Å²) in [6, 6.07) is 1.08. The molecule has 0 aliphatic carbocycles. The predicted molar refractivity (Wildman–Crippen MR) is 58.7 cm³/mol. The number of hydrogen-bond donors (Lipinski definition) is 2. The van der Waals surface area contributed by atoms with Crippen molar-refractivity contribution in [1.29, 1.82) is 0 Å². The smallest absolute Gasteiger partial charge is 0.478 e. The van der Waals surface area contributed by atoms with Crippen molar-refractivity contribution in [1.82, 2.24) is 0 Å². The standard InChI is InChI=1S/C9H5F6NO5S/c10-8(11,12)21-4-1-2-6(5(3-4)7(17)18)16-22(19,20)9(13,14)15/h1-3,16H,(H,17,18). The van der Waals surface area contributed by atoms with E-state index in [2.05, 4.69) is 4.74 Å². The van der Waals surface area contributed by atoms with Crippen molar-refractivity contribution in [2.45, 2.75) is 11.9 Å². The topological polar surface area (TPSA) is 92.7 Å². The van der Waals surface area contributed by atoms with E-state index in [0.717, 1.165) is 4.72 Å². The Kier molecular flexibility index (Phi) is 4.51. The molecular weight excluding hydrogens is 348 g/mol. The van der Waals surface area contributed by atoms with Gasteiger partial charge in [0.2, 0.25) is 0 Å². The first kappa shape index (κ1) is 17.9. The third-order valence-electron chi connectivity index (χ3n) is 2.00. The Hall–Kier alpha value is -2.18. The van der Waals surface area contributed by atoms with Crippen LogP contribution in [0.3, 0.4) is 0 Å². The maximum absolute atomic E-state index is 12.2. The third-order valence-corrected chi connectivity index (χ3v) is 3.10. The summed E-state index contributed by atoms with van der Waals surface area (Å²) in [6.45, 7) is 0. The van der Waals surface area contributed by atoms with Crippen LogP contribution in [-0.4, -0.2) is 31.4 Å². The van der Waals surface area contributed by atoms with Crippen LogP contribution in [0, 0.1) is 0 Å². The minimum absolute atomic E-state index is 0.226. The lowest BCUT2D eigenvalue weighted by Gasteiger charge is -2.14. The van der Waals surface area contributed by atoms with Gasteiger partial charge in [0, 0.05) is 0 Å². The molecule has 0 aliphatic heterocycles. The summed E-state index contributed by atoms with van der Waals surface area (Å²) in [6.07, 6.45) is -5.16. The van der Waals surface area contributed by atoms with Gasteiger partial charge in [0.15, 0.2) is 0 Å². The van der Waals surface area contributed by atoms with Crippen LogP contribution in [0.4, 0.5) is 32.0 Å². The maximum Gasteiger partial charge on any atom is 0.573 e. The molecule has 0 aliphatic rings. The van der Waals surface area contributed by atoms with E-state index in [0.29, 0.717) is 12.1 Å². The van der Waals surface area contributed by atoms with Gasteiger partial charge < -0.3 is 9.84 Å². The van der Waals surface area contributed by atoms with Gasteiger partial charge in [-0.05, 0) is 18.2 Å². The van der Waals surface area contributed by atoms with E-state index in [1.807, 2.05) is 0 Å². The van der Waals surface area contributed by atoms with E-state index in [4.69, 9.17) is 5.11 Å².